The lowest BCUT2D eigenvalue weighted by atomic mass is 10.4. The van der Waals surface area contributed by atoms with Gasteiger partial charge in [0.15, 0.2) is 0 Å². The Morgan fingerprint density at radius 2 is 0.525 bits per heavy atom. The molecule has 0 atom stereocenters. The van der Waals surface area contributed by atoms with E-state index < -0.39 is 21.4 Å². The van der Waals surface area contributed by atoms with Gasteiger partial charge in [-0.1, -0.05) is 152 Å². The Bertz CT molecular complexity index is 1470. The molecule has 0 amide bonds. The van der Waals surface area contributed by atoms with Gasteiger partial charge >= 0.3 is 0 Å². The van der Waals surface area contributed by atoms with E-state index in [9.17, 15) is 13.7 Å². The summed E-state index contributed by atoms with van der Waals surface area (Å²) >= 11 is 0. The van der Waals surface area contributed by atoms with Crippen molar-refractivity contribution in [2.75, 3.05) is 24.6 Å². The molecule has 40 heavy (non-hydrogen) atoms. The average molecular weight is 583 g/mol. The van der Waals surface area contributed by atoms with Crippen LogP contribution < -0.4 is 26.5 Å². The van der Waals surface area contributed by atoms with Crippen LogP contribution in [0, 0.1) is 0 Å². The van der Waals surface area contributed by atoms with Crippen molar-refractivity contribution in [3.05, 3.63) is 152 Å². The second-order valence-electron chi connectivity index (χ2n) is 9.94. The molecule has 0 N–H and O–H groups in total. The van der Waals surface area contributed by atoms with Gasteiger partial charge in [-0.25, -0.2) is 0 Å². The van der Waals surface area contributed by atoms with Gasteiger partial charge in [0.2, 0.25) is 0 Å². The maximum absolute atomic E-state index is 15.0. The molecule has 5 aromatic carbocycles. The Labute approximate surface area is 237 Å². The third kappa shape index (κ3) is 6.09. The van der Waals surface area contributed by atoms with E-state index in [-0.39, 0.29) is 24.6 Å². The first-order valence-corrected chi connectivity index (χ1v) is 19.3. The van der Waals surface area contributed by atoms with Gasteiger partial charge in [0.25, 0.3) is 0 Å². The summed E-state index contributed by atoms with van der Waals surface area (Å²) in [5.74, 6) is 0. The summed E-state index contributed by atoms with van der Waals surface area (Å²) in [5.41, 5.74) is 0. The zero-order chi connectivity index (χ0) is 27.9. The summed E-state index contributed by atoms with van der Waals surface area (Å²) in [4.78, 5) is 0. The summed E-state index contributed by atoms with van der Waals surface area (Å²) < 4.78 is 44.5. The third-order valence-corrected chi connectivity index (χ3v) is 17.5. The van der Waals surface area contributed by atoms with Gasteiger partial charge in [-0.15, -0.1) is 0 Å². The zero-order valence-electron chi connectivity index (χ0n) is 22.3. The Hall–Kier alpha value is -3.21. The topological polar surface area (TPSA) is 51.2 Å². The normalized spacial score (nSPS) is 12.2. The zero-order valence-corrected chi connectivity index (χ0v) is 25.0. The molecule has 0 aliphatic carbocycles. The third-order valence-electron chi connectivity index (χ3n) is 7.47. The molecule has 0 spiro atoms. The van der Waals surface area contributed by atoms with Crippen LogP contribution in [0.15, 0.2) is 152 Å². The van der Waals surface area contributed by atoms with E-state index in [1.54, 1.807) is 0 Å². The maximum atomic E-state index is 15.0. The molecule has 0 radical (unpaired) electrons. The summed E-state index contributed by atoms with van der Waals surface area (Å²) in [6.07, 6.45) is 1.08. The molecular formula is C34H33O3P3. The molecular weight excluding hydrogens is 549 g/mol. The number of hydrogen-bond acceptors (Lipinski definition) is 3. The molecule has 202 valence electrons. The second kappa shape index (κ2) is 12.5. The Balaban J connectivity index is 1.52. The maximum Gasteiger partial charge on any atom is 0.143 e. The monoisotopic (exact) mass is 582 g/mol. The molecule has 3 nitrogen and oxygen atoms in total. The Morgan fingerprint density at radius 3 is 0.775 bits per heavy atom. The van der Waals surface area contributed by atoms with Crippen molar-refractivity contribution in [1.29, 1.82) is 0 Å². The van der Waals surface area contributed by atoms with E-state index in [2.05, 4.69) is 0 Å². The molecule has 0 heterocycles. The van der Waals surface area contributed by atoms with Crippen molar-refractivity contribution < 1.29 is 13.7 Å². The molecule has 0 bridgehead atoms. The van der Waals surface area contributed by atoms with Crippen LogP contribution >= 0.6 is 21.4 Å². The predicted octanol–water partition coefficient (Wildman–Crippen LogP) is 6.70. The van der Waals surface area contributed by atoms with Gasteiger partial charge in [0.1, 0.15) is 21.4 Å². The van der Waals surface area contributed by atoms with Crippen molar-refractivity contribution >= 4 is 47.9 Å². The van der Waals surface area contributed by atoms with Crippen LogP contribution in [0.4, 0.5) is 0 Å². The molecule has 5 aromatic rings. The first-order chi connectivity index (χ1) is 19.4. The quantitative estimate of drug-likeness (QED) is 0.163. The molecule has 0 unspecified atom stereocenters. The first kappa shape index (κ1) is 28.3. The lowest BCUT2D eigenvalue weighted by Crippen LogP contribution is -2.24. The predicted molar refractivity (Wildman–Crippen MR) is 173 cm³/mol. The fourth-order valence-electron chi connectivity index (χ4n) is 5.16. The average Bonchev–Trinajstić information content (AvgIpc) is 3.04. The summed E-state index contributed by atoms with van der Waals surface area (Å²) in [6.45, 7) is 0. The number of hydrogen-bond donors (Lipinski definition) is 0. The van der Waals surface area contributed by atoms with Gasteiger partial charge in [-0.05, 0) is 0 Å². The van der Waals surface area contributed by atoms with Crippen LogP contribution in [0.1, 0.15) is 0 Å². The van der Waals surface area contributed by atoms with E-state index in [1.165, 1.54) is 0 Å². The van der Waals surface area contributed by atoms with Crippen molar-refractivity contribution in [3.8, 4) is 0 Å². The van der Waals surface area contributed by atoms with Gasteiger partial charge in [0, 0.05) is 51.2 Å². The smallest absolute Gasteiger partial charge is 0.143 e. The molecule has 0 saturated carbocycles. The van der Waals surface area contributed by atoms with Crippen LogP contribution in [0.3, 0.4) is 0 Å². The number of benzene rings is 5. The van der Waals surface area contributed by atoms with Gasteiger partial charge in [-0.2, -0.15) is 0 Å². The SMILES string of the molecule is O=P(CCP(=O)(c1ccccc1)c1ccccc1)(CCP(=O)(c1ccccc1)c1ccccc1)c1ccccc1. The highest BCUT2D eigenvalue weighted by molar-refractivity contribution is 7.81. The van der Waals surface area contributed by atoms with Crippen molar-refractivity contribution in [3.63, 3.8) is 0 Å². The van der Waals surface area contributed by atoms with Crippen LogP contribution in [0.2, 0.25) is 0 Å². The van der Waals surface area contributed by atoms with E-state index >= 15 is 0 Å². The highest BCUT2D eigenvalue weighted by Gasteiger charge is 2.36. The summed E-state index contributed by atoms with van der Waals surface area (Å²) in [7, 11) is -9.22. The highest BCUT2D eigenvalue weighted by Crippen LogP contribution is 2.54. The van der Waals surface area contributed by atoms with Crippen LogP contribution in [-0.2, 0) is 13.7 Å². The fourth-order valence-corrected chi connectivity index (χ4v) is 15.7. The molecule has 0 aliphatic rings. The fraction of sp³-hybridized carbons (Fsp3) is 0.118. The minimum Gasteiger partial charge on any atom is -0.319 e. The van der Waals surface area contributed by atoms with Crippen LogP contribution in [0.25, 0.3) is 0 Å². The largest absolute Gasteiger partial charge is 0.319 e. The van der Waals surface area contributed by atoms with E-state index in [0.717, 1.165) is 26.5 Å². The van der Waals surface area contributed by atoms with Crippen molar-refractivity contribution in [1.82, 2.24) is 0 Å². The van der Waals surface area contributed by atoms with Crippen LogP contribution in [0.5, 0.6) is 0 Å². The molecule has 0 aromatic heterocycles. The lowest BCUT2D eigenvalue weighted by Gasteiger charge is -2.26. The Morgan fingerprint density at radius 1 is 0.300 bits per heavy atom. The molecule has 6 heteroatoms. The standard InChI is InChI=1S/C34H33O3P3/c35-38(30-16-6-1-7-17-30,26-28-39(36,31-18-8-2-9-19-31)32-20-10-3-11-21-32)27-29-40(37,33-22-12-4-13-23-33)34-24-14-5-15-25-34/h1-25H,26-29H2. The number of rotatable bonds is 11. The molecule has 0 saturated heterocycles. The second-order valence-corrected chi connectivity index (χ2v) is 19.0. The summed E-state index contributed by atoms with van der Waals surface area (Å²) in [6, 6.07) is 47.6. The molecule has 5 rings (SSSR count). The lowest BCUT2D eigenvalue weighted by molar-refractivity contribution is 0.576. The molecule has 0 aliphatic heterocycles. The van der Waals surface area contributed by atoms with Gasteiger partial charge in [-0.3, -0.25) is 0 Å². The van der Waals surface area contributed by atoms with Crippen molar-refractivity contribution in [2.24, 2.45) is 0 Å². The summed E-state index contributed by atoms with van der Waals surface area (Å²) in [5, 5.41) is 3.80. The minimum absolute atomic E-state index is 0.266. The van der Waals surface area contributed by atoms with Gasteiger partial charge in [0.05, 0.1) is 0 Å². The van der Waals surface area contributed by atoms with E-state index in [0.29, 0.717) is 0 Å². The highest BCUT2D eigenvalue weighted by atomic mass is 31.2. The Kier molecular flexibility index (Phi) is 8.87. The van der Waals surface area contributed by atoms with E-state index in [4.69, 9.17) is 0 Å². The minimum atomic E-state index is -3.09. The van der Waals surface area contributed by atoms with Crippen LogP contribution in [-0.4, -0.2) is 24.6 Å². The first-order valence-electron chi connectivity index (χ1n) is 13.5. The van der Waals surface area contributed by atoms with Crippen molar-refractivity contribution in [2.45, 2.75) is 0 Å². The van der Waals surface area contributed by atoms with E-state index in [1.807, 2.05) is 152 Å². The van der Waals surface area contributed by atoms with Gasteiger partial charge < -0.3 is 13.7 Å². The molecule has 0 fully saturated rings.